The molecule has 0 amide bonds. The molecule has 4 atom stereocenters. The average molecular weight is 296 g/mol. The Morgan fingerprint density at radius 3 is 2.67 bits per heavy atom. The Balaban J connectivity index is 1.94. The van der Waals surface area contributed by atoms with Gasteiger partial charge in [0, 0.05) is 38.3 Å². The van der Waals surface area contributed by atoms with Gasteiger partial charge in [0.05, 0.1) is 6.10 Å². The van der Waals surface area contributed by atoms with E-state index < -0.39 is 0 Å². The lowest BCUT2D eigenvalue weighted by Crippen LogP contribution is -2.60. The summed E-state index contributed by atoms with van der Waals surface area (Å²) in [5.74, 6) is 1.54. The van der Waals surface area contributed by atoms with Crippen molar-refractivity contribution in [1.29, 1.82) is 0 Å². The number of hydrogen-bond donors (Lipinski definition) is 1. The van der Waals surface area contributed by atoms with E-state index in [0.29, 0.717) is 18.2 Å². The SMILES string of the molecule is CCC(C)C1CNC(CC(C)C)CN1CC1CCCCO1. The summed E-state index contributed by atoms with van der Waals surface area (Å²) in [5.41, 5.74) is 0. The van der Waals surface area contributed by atoms with Crippen LogP contribution in [0.25, 0.3) is 0 Å². The summed E-state index contributed by atoms with van der Waals surface area (Å²) in [6.07, 6.45) is 6.89. The number of rotatable bonds is 6. The molecular weight excluding hydrogens is 260 g/mol. The monoisotopic (exact) mass is 296 g/mol. The molecule has 0 aromatic heterocycles. The molecule has 0 saturated carbocycles. The first-order valence-corrected chi connectivity index (χ1v) is 9.19. The third-order valence-corrected chi connectivity index (χ3v) is 5.31. The minimum absolute atomic E-state index is 0.475. The molecule has 0 aromatic carbocycles. The lowest BCUT2D eigenvalue weighted by atomic mass is 9.91. The van der Waals surface area contributed by atoms with Crippen LogP contribution in [0.2, 0.25) is 0 Å². The molecule has 4 unspecified atom stereocenters. The molecule has 21 heavy (non-hydrogen) atoms. The molecule has 0 aliphatic carbocycles. The van der Waals surface area contributed by atoms with E-state index in [1.807, 2.05) is 0 Å². The smallest absolute Gasteiger partial charge is 0.0702 e. The molecule has 0 radical (unpaired) electrons. The van der Waals surface area contributed by atoms with E-state index in [1.165, 1.54) is 38.6 Å². The fraction of sp³-hybridized carbons (Fsp3) is 1.00. The largest absolute Gasteiger partial charge is 0.377 e. The second-order valence-electron chi connectivity index (χ2n) is 7.63. The fourth-order valence-corrected chi connectivity index (χ4v) is 3.88. The summed E-state index contributed by atoms with van der Waals surface area (Å²) >= 11 is 0. The van der Waals surface area contributed by atoms with Crippen LogP contribution in [0.4, 0.5) is 0 Å². The third kappa shape index (κ3) is 5.22. The van der Waals surface area contributed by atoms with Gasteiger partial charge in [-0.05, 0) is 37.5 Å². The van der Waals surface area contributed by atoms with Crippen molar-refractivity contribution in [3.63, 3.8) is 0 Å². The van der Waals surface area contributed by atoms with Gasteiger partial charge in [0.25, 0.3) is 0 Å². The van der Waals surface area contributed by atoms with Crippen molar-refractivity contribution in [3.05, 3.63) is 0 Å². The highest BCUT2D eigenvalue weighted by Crippen LogP contribution is 2.23. The number of nitrogens with one attached hydrogen (secondary N) is 1. The molecule has 2 aliphatic heterocycles. The molecule has 0 spiro atoms. The number of piperazine rings is 1. The topological polar surface area (TPSA) is 24.5 Å². The molecule has 124 valence electrons. The third-order valence-electron chi connectivity index (χ3n) is 5.31. The summed E-state index contributed by atoms with van der Waals surface area (Å²) in [6, 6.07) is 1.35. The average Bonchev–Trinajstić information content (AvgIpc) is 2.47. The van der Waals surface area contributed by atoms with Crippen LogP contribution in [0.1, 0.15) is 59.8 Å². The van der Waals surface area contributed by atoms with Crippen LogP contribution in [0, 0.1) is 11.8 Å². The summed E-state index contributed by atoms with van der Waals surface area (Å²) in [5, 5.41) is 3.80. The Morgan fingerprint density at radius 2 is 2.05 bits per heavy atom. The summed E-state index contributed by atoms with van der Waals surface area (Å²) < 4.78 is 6.00. The fourth-order valence-electron chi connectivity index (χ4n) is 3.88. The Hall–Kier alpha value is -0.120. The van der Waals surface area contributed by atoms with Crippen LogP contribution in [0.3, 0.4) is 0 Å². The van der Waals surface area contributed by atoms with Gasteiger partial charge >= 0.3 is 0 Å². The summed E-state index contributed by atoms with van der Waals surface area (Å²) in [4.78, 5) is 2.74. The minimum atomic E-state index is 0.475. The molecule has 2 fully saturated rings. The van der Waals surface area contributed by atoms with Crippen LogP contribution in [0.5, 0.6) is 0 Å². The van der Waals surface area contributed by atoms with Crippen molar-refractivity contribution in [2.45, 2.75) is 78.0 Å². The highest BCUT2D eigenvalue weighted by Gasteiger charge is 2.32. The van der Waals surface area contributed by atoms with Crippen LogP contribution >= 0.6 is 0 Å². The first-order valence-electron chi connectivity index (χ1n) is 9.19. The van der Waals surface area contributed by atoms with Gasteiger partial charge in [-0.25, -0.2) is 0 Å². The van der Waals surface area contributed by atoms with Gasteiger partial charge in [0.15, 0.2) is 0 Å². The molecule has 0 bridgehead atoms. The van der Waals surface area contributed by atoms with Crippen molar-refractivity contribution >= 4 is 0 Å². The Kier molecular flexibility index (Phi) is 6.97. The van der Waals surface area contributed by atoms with E-state index in [-0.39, 0.29) is 0 Å². The van der Waals surface area contributed by atoms with Crippen LogP contribution in [-0.2, 0) is 4.74 Å². The predicted molar refractivity (Wildman–Crippen MR) is 89.7 cm³/mol. The van der Waals surface area contributed by atoms with Crippen LogP contribution in [0.15, 0.2) is 0 Å². The Labute approximate surface area is 131 Å². The minimum Gasteiger partial charge on any atom is -0.377 e. The number of nitrogens with zero attached hydrogens (tertiary/aromatic N) is 1. The second kappa shape index (κ2) is 8.50. The van der Waals surface area contributed by atoms with Gasteiger partial charge in [-0.15, -0.1) is 0 Å². The van der Waals surface area contributed by atoms with Gasteiger partial charge in [0.2, 0.25) is 0 Å². The van der Waals surface area contributed by atoms with Crippen LogP contribution < -0.4 is 5.32 Å². The van der Waals surface area contributed by atoms with E-state index in [0.717, 1.165) is 31.5 Å². The molecule has 0 aromatic rings. The van der Waals surface area contributed by atoms with Gasteiger partial charge < -0.3 is 10.1 Å². The van der Waals surface area contributed by atoms with Gasteiger partial charge in [0.1, 0.15) is 0 Å². The first kappa shape index (κ1) is 17.2. The number of hydrogen-bond acceptors (Lipinski definition) is 3. The molecule has 2 aliphatic rings. The van der Waals surface area contributed by atoms with Gasteiger partial charge in [-0.2, -0.15) is 0 Å². The van der Waals surface area contributed by atoms with E-state index in [1.54, 1.807) is 0 Å². The van der Waals surface area contributed by atoms with E-state index in [2.05, 4.69) is 37.9 Å². The molecular formula is C18H36N2O. The zero-order valence-electron chi connectivity index (χ0n) is 14.6. The summed E-state index contributed by atoms with van der Waals surface area (Å²) in [6.45, 7) is 13.9. The van der Waals surface area contributed by atoms with E-state index >= 15 is 0 Å². The standard InChI is InChI=1S/C18H36N2O/c1-5-15(4)18-11-19-16(10-14(2)3)12-20(18)13-17-8-6-7-9-21-17/h14-19H,5-13H2,1-4H3. The highest BCUT2D eigenvalue weighted by molar-refractivity contribution is 4.90. The molecule has 1 N–H and O–H groups in total. The quantitative estimate of drug-likeness (QED) is 0.814. The van der Waals surface area contributed by atoms with Crippen molar-refractivity contribution in [2.24, 2.45) is 11.8 Å². The van der Waals surface area contributed by atoms with Gasteiger partial charge in [-0.3, -0.25) is 4.90 Å². The zero-order chi connectivity index (χ0) is 15.2. The molecule has 3 heteroatoms. The Morgan fingerprint density at radius 1 is 1.24 bits per heavy atom. The maximum Gasteiger partial charge on any atom is 0.0702 e. The van der Waals surface area contributed by atoms with E-state index in [4.69, 9.17) is 4.74 Å². The maximum atomic E-state index is 6.00. The lowest BCUT2D eigenvalue weighted by Gasteiger charge is -2.45. The van der Waals surface area contributed by atoms with Crippen molar-refractivity contribution in [2.75, 3.05) is 26.2 Å². The van der Waals surface area contributed by atoms with E-state index in [9.17, 15) is 0 Å². The van der Waals surface area contributed by atoms with Crippen molar-refractivity contribution in [1.82, 2.24) is 10.2 Å². The van der Waals surface area contributed by atoms with Gasteiger partial charge in [-0.1, -0.05) is 34.1 Å². The van der Waals surface area contributed by atoms with Crippen molar-refractivity contribution < 1.29 is 4.74 Å². The normalized spacial score (nSPS) is 33.3. The molecule has 2 saturated heterocycles. The zero-order valence-corrected chi connectivity index (χ0v) is 14.6. The summed E-state index contributed by atoms with van der Waals surface area (Å²) in [7, 11) is 0. The maximum absolute atomic E-state index is 6.00. The molecule has 2 heterocycles. The lowest BCUT2D eigenvalue weighted by molar-refractivity contribution is -0.0289. The number of ether oxygens (including phenoxy) is 1. The van der Waals surface area contributed by atoms with Crippen LogP contribution in [-0.4, -0.2) is 49.3 Å². The second-order valence-corrected chi connectivity index (χ2v) is 7.63. The molecule has 2 rings (SSSR count). The molecule has 3 nitrogen and oxygen atoms in total. The first-order chi connectivity index (χ1) is 10.1. The van der Waals surface area contributed by atoms with Crippen molar-refractivity contribution in [3.8, 4) is 0 Å². The highest BCUT2D eigenvalue weighted by atomic mass is 16.5. The Bertz CT molecular complexity index is 289. The predicted octanol–water partition coefficient (Wildman–Crippen LogP) is 3.29.